The average molecular weight is 257 g/mol. The summed E-state index contributed by atoms with van der Waals surface area (Å²) in [6.07, 6.45) is -5.07. The molecule has 0 radical (unpaired) electrons. The Labute approximate surface area is 98.2 Å². The molecule has 0 saturated carbocycles. The van der Waals surface area contributed by atoms with Gasteiger partial charge < -0.3 is 10.4 Å². The van der Waals surface area contributed by atoms with E-state index < -0.39 is 29.5 Å². The topological polar surface area (TPSA) is 66.4 Å². The number of carboxylic acids is 1. The van der Waals surface area contributed by atoms with Crippen molar-refractivity contribution in [3.05, 3.63) is 0 Å². The first-order chi connectivity index (χ1) is 7.46. The molecule has 7 heteroatoms. The Morgan fingerprint density at radius 3 is 1.65 bits per heavy atom. The molecule has 0 aromatic heterocycles. The minimum atomic E-state index is -5.07. The zero-order chi connectivity index (χ0) is 14.4. The molecule has 0 aliphatic rings. The van der Waals surface area contributed by atoms with E-state index in [-0.39, 0.29) is 0 Å². The normalized spacial score (nSPS) is 13.2. The van der Waals surface area contributed by atoms with E-state index >= 15 is 0 Å². The largest absolute Gasteiger partial charge is 0.480 e. The highest BCUT2D eigenvalue weighted by Crippen LogP contribution is 2.22. The molecular weight excluding hydrogens is 239 g/mol. The lowest BCUT2D eigenvalue weighted by molar-refractivity contribution is -0.176. The van der Waals surface area contributed by atoms with Gasteiger partial charge in [0.05, 0.1) is 0 Å². The number of halogens is 3. The summed E-state index contributed by atoms with van der Waals surface area (Å²) in [5, 5.41) is 10.1. The van der Waals surface area contributed by atoms with E-state index in [1.807, 2.05) is 13.8 Å². The van der Waals surface area contributed by atoms with Crippen molar-refractivity contribution >= 4 is 11.9 Å². The SMILES string of the molecule is CC.CC(C)(C)[C@H](NC(=O)C(F)(F)F)C(=O)O. The predicted octanol–water partition coefficient (Wildman–Crippen LogP) is 2.19. The van der Waals surface area contributed by atoms with Crippen LogP contribution in [0.4, 0.5) is 13.2 Å². The molecule has 1 atom stereocenters. The molecular formula is C10H18F3NO3. The van der Waals surface area contributed by atoms with Crippen LogP contribution in [0.2, 0.25) is 0 Å². The molecule has 0 aliphatic carbocycles. The number of nitrogens with one attached hydrogen (secondary N) is 1. The van der Waals surface area contributed by atoms with E-state index in [2.05, 4.69) is 0 Å². The standard InChI is InChI=1S/C8H12F3NO3.C2H6/c1-7(2,3)4(5(13)14)12-6(15)8(9,10)11;1-2/h4H,1-3H3,(H,12,15)(H,13,14);1-2H3/t4-;/m1./s1. The van der Waals surface area contributed by atoms with E-state index in [0.29, 0.717) is 0 Å². The van der Waals surface area contributed by atoms with Crippen LogP contribution in [0.5, 0.6) is 0 Å². The van der Waals surface area contributed by atoms with Gasteiger partial charge in [-0.1, -0.05) is 34.6 Å². The zero-order valence-electron chi connectivity index (χ0n) is 10.5. The Kier molecular flexibility index (Phi) is 6.88. The lowest BCUT2D eigenvalue weighted by Gasteiger charge is -2.27. The number of aliphatic carboxylic acids is 1. The predicted molar refractivity (Wildman–Crippen MR) is 56.4 cm³/mol. The van der Waals surface area contributed by atoms with Gasteiger partial charge in [0.1, 0.15) is 6.04 Å². The highest BCUT2D eigenvalue weighted by molar-refractivity contribution is 5.87. The maximum Gasteiger partial charge on any atom is 0.471 e. The molecule has 1 amide bonds. The third-order valence-electron chi connectivity index (χ3n) is 1.65. The first-order valence-corrected chi connectivity index (χ1v) is 5.06. The minimum absolute atomic E-state index is 0.993. The van der Waals surface area contributed by atoms with Crippen LogP contribution in [0.1, 0.15) is 34.6 Å². The summed E-state index contributed by atoms with van der Waals surface area (Å²) in [4.78, 5) is 21.2. The number of rotatable bonds is 2. The second-order valence-electron chi connectivity index (χ2n) is 4.11. The van der Waals surface area contributed by atoms with Crippen molar-refractivity contribution in [2.24, 2.45) is 5.41 Å². The van der Waals surface area contributed by atoms with Gasteiger partial charge in [0, 0.05) is 0 Å². The molecule has 0 bridgehead atoms. The van der Waals surface area contributed by atoms with E-state index in [9.17, 15) is 22.8 Å². The molecule has 0 heterocycles. The second-order valence-corrected chi connectivity index (χ2v) is 4.11. The molecule has 4 nitrogen and oxygen atoms in total. The first-order valence-electron chi connectivity index (χ1n) is 5.06. The zero-order valence-corrected chi connectivity index (χ0v) is 10.5. The molecule has 0 spiro atoms. The van der Waals surface area contributed by atoms with Crippen molar-refractivity contribution in [1.29, 1.82) is 0 Å². The molecule has 0 rings (SSSR count). The fourth-order valence-corrected chi connectivity index (χ4v) is 0.862. The summed E-state index contributed by atoms with van der Waals surface area (Å²) in [5.74, 6) is -3.75. The fraction of sp³-hybridized carbons (Fsp3) is 0.800. The van der Waals surface area contributed by atoms with Crippen LogP contribution in [-0.2, 0) is 9.59 Å². The number of carbonyl (C=O) groups is 2. The number of amides is 1. The van der Waals surface area contributed by atoms with E-state index in [1.165, 1.54) is 26.1 Å². The summed E-state index contributed by atoms with van der Waals surface area (Å²) < 4.78 is 35.6. The summed E-state index contributed by atoms with van der Waals surface area (Å²) >= 11 is 0. The maximum atomic E-state index is 11.9. The van der Waals surface area contributed by atoms with Crippen LogP contribution >= 0.6 is 0 Å². The second kappa shape index (κ2) is 6.46. The molecule has 102 valence electrons. The monoisotopic (exact) mass is 257 g/mol. The van der Waals surface area contributed by atoms with E-state index in [1.54, 1.807) is 0 Å². The molecule has 0 saturated heterocycles. The van der Waals surface area contributed by atoms with E-state index in [4.69, 9.17) is 5.11 Å². The number of carbonyl (C=O) groups excluding carboxylic acids is 1. The summed E-state index contributed by atoms with van der Waals surface area (Å²) in [6, 6.07) is -1.58. The van der Waals surface area contributed by atoms with Crippen LogP contribution in [0.3, 0.4) is 0 Å². The fourth-order valence-electron chi connectivity index (χ4n) is 0.862. The van der Waals surface area contributed by atoms with Gasteiger partial charge in [0.15, 0.2) is 0 Å². The molecule has 0 fully saturated rings. The lowest BCUT2D eigenvalue weighted by atomic mass is 9.87. The van der Waals surface area contributed by atoms with Gasteiger partial charge in [-0.3, -0.25) is 4.79 Å². The van der Waals surface area contributed by atoms with Gasteiger partial charge in [-0.25, -0.2) is 4.79 Å². The van der Waals surface area contributed by atoms with Crippen molar-refractivity contribution in [2.75, 3.05) is 0 Å². The van der Waals surface area contributed by atoms with Gasteiger partial charge >= 0.3 is 18.1 Å². The number of hydrogen-bond donors (Lipinski definition) is 2. The highest BCUT2D eigenvalue weighted by atomic mass is 19.4. The van der Waals surface area contributed by atoms with Crippen LogP contribution in [0.15, 0.2) is 0 Å². The van der Waals surface area contributed by atoms with Crippen LogP contribution in [0, 0.1) is 5.41 Å². The Hall–Kier alpha value is -1.27. The van der Waals surface area contributed by atoms with Crippen molar-refractivity contribution in [1.82, 2.24) is 5.32 Å². The number of alkyl halides is 3. The van der Waals surface area contributed by atoms with Crippen molar-refractivity contribution < 1.29 is 27.9 Å². The van der Waals surface area contributed by atoms with Crippen molar-refractivity contribution in [3.63, 3.8) is 0 Å². The van der Waals surface area contributed by atoms with Gasteiger partial charge in [-0.2, -0.15) is 13.2 Å². The Morgan fingerprint density at radius 1 is 1.12 bits per heavy atom. The summed E-state index contributed by atoms with van der Waals surface area (Å²) in [5.41, 5.74) is -0.993. The average Bonchev–Trinajstić information content (AvgIpc) is 2.13. The van der Waals surface area contributed by atoms with Crippen LogP contribution in [0.25, 0.3) is 0 Å². The van der Waals surface area contributed by atoms with Gasteiger partial charge in [-0.15, -0.1) is 0 Å². The molecule has 0 unspecified atom stereocenters. The first kappa shape index (κ1) is 18.1. The lowest BCUT2D eigenvalue weighted by Crippen LogP contribution is -2.52. The molecule has 2 N–H and O–H groups in total. The highest BCUT2D eigenvalue weighted by Gasteiger charge is 2.43. The number of carboxylic acid groups (broad SMARTS) is 1. The Balaban J connectivity index is 0. The smallest absolute Gasteiger partial charge is 0.471 e. The van der Waals surface area contributed by atoms with E-state index in [0.717, 1.165) is 0 Å². The number of hydrogen-bond acceptors (Lipinski definition) is 2. The van der Waals surface area contributed by atoms with Gasteiger partial charge in [0.2, 0.25) is 0 Å². The summed E-state index contributed by atoms with van der Waals surface area (Å²) in [7, 11) is 0. The van der Waals surface area contributed by atoms with Crippen molar-refractivity contribution in [2.45, 2.75) is 46.8 Å². The van der Waals surface area contributed by atoms with Gasteiger partial charge in [0.25, 0.3) is 0 Å². The molecule has 17 heavy (non-hydrogen) atoms. The quantitative estimate of drug-likeness (QED) is 0.796. The van der Waals surface area contributed by atoms with Crippen LogP contribution in [-0.4, -0.2) is 29.2 Å². The maximum absolute atomic E-state index is 11.9. The third-order valence-corrected chi connectivity index (χ3v) is 1.65. The Morgan fingerprint density at radius 2 is 1.47 bits per heavy atom. The molecule has 0 aromatic carbocycles. The molecule has 0 aromatic rings. The molecule has 0 aliphatic heterocycles. The minimum Gasteiger partial charge on any atom is -0.480 e. The van der Waals surface area contributed by atoms with Gasteiger partial charge in [-0.05, 0) is 5.41 Å². The third kappa shape index (κ3) is 6.80. The summed E-state index contributed by atoms with van der Waals surface area (Å²) in [6.45, 7) is 8.26. The van der Waals surface area contributed by atoms with Crippen molar-refractivity contribution in [3.8, 4) is 0 Å². The van der Waals surface area contributed by atoms with Crippen LogP contribution < -0.4 is 5.32 Å². The Bertz CT molecular complexity index is 269.